The molecule has 3 rings (SSSR count). The maximum Gasteiger partial charge on any atom is 0.333 e. The number of fused-ring (bicyclic) bond motifs is 1. The van der Waals surface area contributed by atoms with Gasteiger partial charge < -0.3 is 14.8 Å². The number of halogens is 2. The summed E-state index contributed by atoms with van der Waals surface area (Å²) in [6.45, 7) is 9.67. The van der Waals surface area contributed by atoms with E-state index in [9.17, 15) is 27.1 Å². The number of hydrogen-bond donors (Lipinski definition) is 3. The third-order valence-corrected chi connectivity index (χ3v) is 7.17. The molecule has 2 aromatic rings. The summed E-state index contributed by atoms with van der Waals surface area (Å²) in [5.74, 6) is -2.05. The molecule has 3 N–H and O–H groups in total. The first-order valence-corrected chi connectivity index (χ1v) is 12.4. The Morgan fingerprint density at radius 1 is 1.15 bits per heavy atom. The van der Waals surface area contributed by atoms with Gasteiger partial charge in [-0.25, -0.2) is 18.3 Å². The van der Waals surface area contributed by atoms with Gasteiger partial charge in [0.1, 0.15) is 17.4 Å². The summed E-state index contributed by atoms with van der Waals surface area (Å²) >= 11 is 0. The van der Waals surface area contributed by atoms with Crippen LogP contribution in [0, 0.1) is 18.6 Å². The molecule has 1 atom stereocenters. The number of benzene rings is 1. The summed E-state index contributed by atoms with van der Waals surface area (Å²) < 4.78 is 62.7. The van der Waals surface area contributed by atoms with Crippen LogP contribution in [-0.4, -0.2) is 19.6 Å². The van der Waals surface area contributed by atoms with Crippen molar-refractivity contribution >= 4 is 21.7 Å². The molecule has 0 aliphatic heterocycles. The predicted octanol–water partition coefficient (Wildman–Crippen LogP) is 5.17. The number of hydrogen-bond acceptors (Lipinski definition) is 5. The SMILES string of the molecule is Cc1c(F)c(C(C)C)c(NC(=O)NS(=O)(=O)c2cc3c(o2)CCCC3(C)O)c(C(C)C)c1F. The van der Waals surface area contributed by atoms with Crippen molar-refractivity contribution in [3.05, 3.63) is 45.7 Å². The minimum atomic E-state index is -4.45. The fourth-order valence-electron chi connectivity index (χ4n) is 4.30. The van der Waals surface area contributed by atoms with Crippen molar-refractivity contribution in [1.82, 2.24) is 4.72 Å². The molecule has 2 amide bonds. The van der Waals surface area contributed by atoms with Crippen LogP contribution < -0.4 is 10.0 Å². The van der Waals surface area contributed by atoms with Crippen LogP contribution in [0.5, 0.6) is 0 Å². The predicted molar refractivity (Wildman–Crippen MR) is 120 cm³/mol. The molecule has 182 valence electrons. The van der Waals surface area contributed by atoms with Crippen LogP contribution in [0.25, 0.3) is 0 Å². The van der Waals surface area contributed by atoms with E-state index in [1.165, 1.54) is 13.0 Å². The van der Waals surface area contributed by atoms with Crippen molar-refractivity contribution in [2.45, 2.75) is 83.3 Å². The van der Waals surface area contributed by atoms with Gasteiger partial charge in [0, 0.05) is 34.7 Å². The second-order valence-corrected chi connectivity index (χ2v) is 11.0. The molecule has 33 heavy (non-hydrogen) atoms. The van der Waals surface area contributed by atoms with Crippen LogP contribution in [-0.2, 0) is 22.0 Å². The zero-order chi connectivity index (χ0) is 24.9. The van der Waals surface area contributed by atoms with Crippen molar-refractivity contribution < 1.29 is 31.5 Å². The first-order chi connectivity index (χ1) is 15.2. The van der Waals surface area contributed by atoms with Crippen LogP contribution in [0.4, 0.5) is 19.3 Å². The molecular weight excluding hydrogens is 454 g/mol. The van der Waals surface area contributed by atoms with E-state index in [0.29, 0.717) is 30.6 Å². The summed E-state index contributed by atoms with van der Waals surface area (Å²) in [5, 5.41) is 12.3. The molecule has 10 heteroatoms. The third kappa shape index (κ3) is 4.63. The van der Waals surface area contributed by atoms with Gasteiger partial charge in [0.2, 0.25) is 5.09 Å². The molecule has 0 spiro atoms. The van der Waals surface area contributed by atoms with Crippen molar-refractivity contribution in [2.24, 2.45) is 0 Å². The van der Waals surface area contributed by atoms with E-state index in [4.69, 9.17) is 4.42 Å². The minimum absolute atomic E-state index is 0.0880. The van der Waals surface area contributed by atoms with E-state index in [0.717, 1.165) is 0 Å². The number of anilines is 1. The summed E-state index contributed by atoms with van der Waals surface area (Å²) in [6.07, 6.45) is 1.54. The van der Waals surface area contributed by atoms with Gasteiger partial charge >= 0.3 is 6.03 Å². The van der Waals surface area contributed by atoms with Crippen molar-refractivity contribution in [2.75, 3.05) is 5.32 Å². The van der Waals surface area contributed by atoms with E-state index >= 15 is 0 Å². The number of carbonyl (C=O) groups is 1. The molecule has 0 bridgehead atoms. The second-order valence-electron chi connectivity index (χ2n) is 9.35. The number of carbonyl (C=O) groups excluding carboxylic acids is 1. The van der Waals surface area contributed by atoms with Gasteiger partial charge in [-0.15, -0.1) is 0 Å². The van der Waals surface area contributed by atoms with Crippen LogP contribution >= 0.6 is 0 Å². The Morgan fingerprint density at radius 3 is 2.18 bits per heavy atom. The molecule has 1 aromatic heterocycles. The summed E-state index contributed by atoms with van der Waals surface area (Å²) in [5.41, 5.74) is -0.933. The molecule has 1 heterocycles. The van der Waals surface area contributed by atoms with Crippen LogP contribution in [0.15, 0.2) is 15.6 Å². The van der Waals surface area contributed by atoms with E-state index in [1.54, 1.807) is 34.6 Å². The Labute approximate surface area is 192 Å². The highest BCUT2D eigenvalue weighted by molar-refractivity contribution is 7.89. The fraction of sp³-hybridized carbons (Fsp3) is 0.522. The molecule has 7 nitrogen and oxygen atoms in total. The largest absolute Gasteiger partial charge is 0.447 e. The molecule has 1 aromatic carbocycles. The standard InChI is InChI=1S/C23H30F2N2O5S/c1-11(2)17-19(24)13(5)20(25)18(12(3)4)21(17)26-22(28)27-33(30,31)16-10-14-15(32-16)8-7-9-23(14,6)29/h10-12,29H,7-9H2,1-6H3,(H2,26,27,28). The number of urea groups is 1. The van der Waals surface area contributed by atoms with Gasteiger partial charge in [0.15, 0.2) is 0 Å². The average Bonchev–Trinajstić information content (AvgIpc) is 3.12. The topological polar surface area (TPSA) is 109 Å². The molecule has 1 unspecified atom stereocenters. The lowest BCUT2D eigenvalue weighted by atomic mass is 9.85. The number of amides is 2. The van der Waals surface area contributed by atoms with Gasteiger partial charge in [-0.3, -0.25) is 0 Å². The van der Waals surface area contributed by atoms with Gasteiger partial charge in [0.25, 0.3) is 10.0 Å². The lowest BCUT2D eigenvalue weighted by molar-refractivity contribution is 0.0362. The van der Waals surface area contributed by atoms with Crippen LogP contribution in [0.2, 0.25) is 0 Å². The van der Waals surface area contributed by atoms with Gasteiger partial charge in [-0.2, -0.15) is 8.42 Å². The smallest absolute Gasteiger partial charge is 0.333 e. The maximum atomic E-state index is 14.9. The Kier molecular flexibility index (Phi) is 6.65. The monoisotopic (exact) mass is 484 g/mol. The van der Waals surface area contributed by atoms with E-state index in [2.05, 4.69) is 5.32 Å². The zero-order valence-electron chi connectivity index (χ0n) is 19.6. The van der Waals surface area contributed by atoms with Crippen molar-refractivity contribution in [3.8, 4) is 0 Å². The maximum absolute atomic E-state index is 14.9. The van der Waals surface area contributed by atoms with Gasteiger partial charge in [-0.1, -0.05) is 27.7 Å². The van der Waals surface area contributed by atoms with E-state index < -0.39 is 50.2 Å². The normalized spacial score (nSPS) is 18.5. The second kappa shape index (κ2) is 8.72. The highest BCUT2D eigenvalue weighted by Crippen LogP contribution is 2.39. The number of furan rings is 1. The van der Waals surface area contributed by atoms with Crippen molar-refractivity contribution in [3.63, 3.8) is 0 Å². The quantitative estimate of drug-likeness (QED) is 0.543. The Bertz CT molecular complexity index is 1160. The average molecular weight is 485 g/mol. The Morgan fingerprint density at radius 2 is 1.70 bits per heavy atom. The number of aliphatic hydroxyl groups is 1. The lowest BCUT2D eigenvalue weighted by Crippen LogP contribution is -2.35. The van der Waals surface area contributed by atoms with Crippen LogP contribution in [0.3, 0.4) is 0 Å². The molecule has 1 aliphatic carbocycles. The Hall–Kier alpha value is -2.46. The number of aryl methyl sites for hydroxylation is 1. The fourth-order valence-corrected chi connectivity index (χ4v) is 5.18. The number of rotatable bonds is 5. The van der Waals surface area contributed by atoms with Gasteiger partial charge in [0.05, 0.1) is 11.3 Å². The molecule has 0 saturated carbocycles. The summed E-state index contributed by atoms with van der Waals surface area (Å²) in [6, 6.07) is 0.0246. The number of nitrogens with one attached hydrogen (secondary N) is 2. The zero-order valence-corrected chi connectivity index (χ0v) is 20.4. The molecular formula is C23H30F2N2O5S. The highest BCUT2D eigenvalue weighted by Gasteiger charge is 2.36. The number of sulfonamides is 1. The summed E-state index contributed by atoms with van der Waals surface area (Å²) in [4.78, 5) is 12.7. The lowest BCUT2D eigenvalue weighted by Gasteiger charge is -2.26. The first kappa shape index (κ1) is 25.2. The van der Waals surface area contributed by atoms with Gasteiger partial charge in [-0.05, 0) is 38.5 Å². The Balaban J connectivity index is 1.97. The first-order valence-electron chi connectivity index (χ1n) is 10.9. The summed E-state index contributed by atoms with van der Waals surface area (Å²) in [7, 11) is -4.45. The third-order valence-electron chi connectivity index (χ3n) is 5.99. The minimum Gasteiger partial charge on any atom is -0.447 e. The molecule has 0 radical (unpaired) electrons. The van der Waals surface area contributed by atoms with E-state index in [1.807, 2.05) is 4.72 Å². The highest BCUT2D eigenvalue weighted by atomic mass is 32.2. The molecule has 0 saturated heterocycles. The molecule has 1 aliphatic rings. The molecule has 0 fully saturated rings. The van der Waals surface area contributed by atoms with E-state index in [-0.39, 0.29) is 22.4 Å². The van der Waals surface area contributed by atoms with Crippen molar-refractivity contribution in [1.29, 1.82) is 0 Å². The van der Waals surface area contributed by atoms with Crippen LogP contribution in [0.1, 0.15) is 87.3 Å².